The van der Waals surface area contributed by atoms with Gasteiger partial charge in [0.05, 0.1) is 0 Å². The van der Waals surface area contributed by atoms with Crippen molar-refractivity contribution in [2.24, 2.45) is 0 Å². The third-order valence-electron chi connectivity index (χ3n) is 18.3. The van der Waals surface area contributed by atoms with Gasteiger partial charge in [-0.3, -0.25) is 0 Å². The Balaban J connectivity index is 0.779. The van der Waals surface area contributed by atoms with Gasteiger partial charge >= 0.3 is 0 Å². The quantitative estimate of drug-likeness (QED) is 0.105. The van der Waals surface area contributed by atoms with Gasteiger partial charge in [-0.25, -0.2) is 0 Å². The molecule has 0 nitrogen and oxygen atoms in total. The molecule has 15 rings (SSSR count). The van der Waals surface area contributed by atoms with Crippen molar-refractivity contribution in [3.63, 3.8) is 0 Å². The third-order valence-corrected chi connectivity index (χ3v) is 25.4. The molecule has 2 unspecified atom stereocenters. The highest BCUT2D eigenvalue weighted by molar-refractivity contribution is 7.02. The second-order valence-corrected chi connectivity index (χ2v) is 31.6. The fourth-order valence-corrected chi connectivity index (χ4v) is 19.7. The SMILES string of the molecule is C[Si](C)(c1ccc(-c2c3ccccc3c(-c3ccc([Si](C)(C)c4ccc5c6c7c(ccc46)C=CC(c4ccccc4)C7=CC5)cc3)c3ccccc23)cc1)c1ccc2c3c4c(ccc13)C=CC(c1ccccc1)C4=CC2. The van der Waals surface area contributed by atoms with Gasteiger partial charge < -0.3 is 0 Å². The van der Waals surface area contributed by atoms with Crippen LogP contribution >= 0.6 is 0 Å². The predicted molar refractivity (Wildman–Crippen MR) is 334 cm³/mol. The molecule has 76 heavy (non-hydrogen) atoms. The maximum absolute atomic E-state index is 2.55. The molecule has 0 saturated carbocycles. The summed E-state index contributed by atoms with van der Waals surface area (Å²) in [5.74, 6) is 0.563. The highest BCUT2D eigenvalue weighted by Crippen LogP contribution is 2.49. The number of allylic oxidation sites excluding steroid dienone is 6. The van der Waals surface area contributed by atoms with Crippen LogP contribution in [0.1, 0.15) is 56.3 Å². The van der Waals surface area contributed by atoms with Crippen LogP contribution in [0.4, 0.5) is 0 Å². The van der Waals surface area contributed by atoms with Gasteiger partial charge in [-0.05, 0) is 144 Å². The Kier molecular flexibility index (Phi) is 10.2. The first-order valence-corrected chi connectivity index (χ1v) is 33.4. The van der Waals surface area contributed by atoms with Crippen molar-refractivity contribution in [1.29, 1.82) is 0 Å². The van der Waals surface area contributed by atoms with Crippen LogP contribution < -0.4 is 20.7 Å². The fraction of sp³-hybridized carbons (Fsp3) is 0.108. The van der Waals surface area contributed by atoms with E-state index in [-0.39, 0.29) is 11.8 Å². The van der Waals surface area contributed by atoms with Gasteiger partial charge in [0.2, 0.25) is 0 Å². The van der Waals surface area contributed by atoms with Crippen LogP contribution in [0.5, 0.6) is 0 Å². The summed E-state index contributed by atoms with van der Waals surface area (Å²) in [5, 5.41) is 16.9. The van der Waals surface area contributed by atoms with Gasteiger partial charge in [0.25, 0.3) is 0 Å². The molecule has 2 atom stereocenters. The zero-order chi connectivity index (χ0) is 50.9. The Bertz CT molecular complexity index is 4020. The van der Waals surface area contributed by atoms with E-state index in [4.69, 9.17) is 0 Å². The van der Waals surface area contributed by atoms with E-state index in [1.165, 1.54) is 142 Å². The molecule has 0 spiro atoms. The van der Waals surface area contributed by atoms with Crippen LogP contribution in [0.2, 0.25) is 26.2 Å². The van der Waals surface area contributed by atoms with Crippen LogP contribution in [0.15, 0.2) is 231 Å². The number of hydrogen-bond donors (Lipinski definition) is 0. The molecule has 0 heterocycles. The molecule has 0 radical (unpaired) electrons. The molecule has 0 bridgehead atoms. The highest BCUT2D eigenvalue weighted by atomic mass is 28.3. The number of benzene rings is 11. The summed E-state index contributed by atoms with van der Waals surface area (Å²) in [4.78, 5) is 0. The Hall–Kier alpha value is -8.15. The summed E-state index contributed by atoms with van der Waals surface area (Å²) >= 11 is 0. The first-order chi connectivity index (χ1) is 37.2. The highest BCUT2D eigenvalue weighted by Gasteiger charge is 2.35. The first kappa shape index (κ1) is 45.3. The van der Waals surface area contributed by atoms with Gasteiger partial charge in [0.15, 0.2) is 0 Å². The summed E-state index contributed by atoms with van der Waals surface area (Å²) in [7, 11) is -4.34. The van der Waals surface area contributed by atoms with Crippen molar-refractivity contribution in [3.05, 3.63) is 275 Å². The lowest BCUT2D eigenvalue weighted by atomic mass is 9.75. The lowest BCUT2D eigenvalue weighted by Crippen LogP contribution is -2.53. The van der Waals surface area contributed by atoms with E-state index in [9.17, 15) is 0 Å². The second-order valence-electron chi connectivity index (χ2n) is 22.9. The lowest BCUT2D eigenvalue weighted by Gasteiger charge is -2.32. The van der Waals surface area contributed by atoms with Crippen molar-refractivity contribution in [3.8, 4) is 22.3 Å². The Morgan fingerprint density at radius 1 is 0.329 bits per heavy atom. The number of hydrogen-bond acceptors (Lipinski definition) is 0. The molecule has 0 saturated heterocycles. The summed E-state index contributed by atoms with van der Waals surface area (Å²) in [5.41, 5.74) is 19.3. The molecule has 2 heteroatoms. The monoisotopic (exact) mass is 1000 g/mol. The number of fused-ring (bicyclic) bond motifs is 2. The van der Waals surface area contributed by atoms with E-state index in [2.05, 4.69) is 269 Å². The molecule has 4 aliphatic rings. The fourth-order valence-electron chi connectivity index (χ4n) is 14.3. The Morgan fingerprint density at radius 2 is 0.697 bits per heavy atom. The summed E-state index contributed by atoms with van der Waals surface area (Å²) in [6.07, 6.45) is 16.5. The van der Waals surface area contributed by atoms with Crippen molar-refractivity contribution in [1.82, 2.24) is 0 Å². The minimum atomic E-state index is -2.17. The Morgan fingerprint density at radius 3 is 1.08 bits per heavy atom. The van der Waals surface area contributed by atoms with Gasteiger partial charge in [0, 0.05) is 11.8 Å². The van der Waals surface area contributed by atoms with Crippen LogP contribution in [-0.2, 0) is 12.8 Å². The minimum Gasteiger partial charge on any atom is -0.0753 e. The molecule has 362 valence electrons. The van der Waals surface area contributed by atoms with E-state index in [0.717, 1.165) is 12.8 Å². The van der Waals surface area contributed by atoms with Crippen molar-refractivity contribution in [2.75, 3.05) is 0 Å². The molecule has 11 aromatic rings. The molecule has 4 aliphatic carbocycles. The van der Waals surface area contributed by atoms with Crippen molar-refractivity contribution in [2.45, 2.75) is 50.9 Å². The topological polar surface area (TPSA) is 0 Å². The molecule has 11 aromatic carbocycles. The van der Waals surface area contributed by atoms with Gasteiger partial charge in [0.1, 0.15) is 16.1 Å². The maximum atomic E-state index is 2.55. The zero-order valence-corrected chi connectivity index (χ0v) is 45.7. The standard InChI is InChI=1S/C74H58Si2/c1-75(2,67-45-33-53-29-41-63-57(47-15-7-5-8-16-47)39-27-51-31-43-65(67)73(53)71(51)63)55-35-23-49(24-36-55)69-59-19-11-13-21-61(59)70(62-22-14-12-20-60(62)69)50-25-37-56(38-26-50)76(3,4)68-46-34-54-30-42-64-58(48-17-9-6-10-18-48)40-28-52-32-44-66(68)74(54)72(52)64/h5-28,31-46,57-58H,29-30H2,1-4H3. The Labute approximate surface area is 448 Å². The molecular formula is C74H58Si2. The summed E-state index contributed by atoms with van der Waals surface area (Å²) in [6.45, 7) is 10.2. The van der Waals surface area contributed by atoms with Crippen LogP contribution in [-0.4, -0.2) is 16.1 Å². The smallest absolute Gasteiger partial charge is 0.0753 e. The first-order valence-electron chi connectivity index (χ1n) is 27.4. The van der Waals surface area contributed by atoms with Crippen LogP contribution in [0.3, 0.4) is 0 Å². The molecule has 0 aliphatic heterocycles. The van der Waals surface area contributed by atoms with E-state index < -0.39 is 16.1 Å². The third kappa shape index (κ3) is 6.80. The molecule has 0 N–H and O–H groups in total. The average molecular weight is 1000 g/mol. The maximum Gasteiger partial charge on any atom is 0.113 e. The molecular weight excluding hydrogens is 945 g/mol. The number of rotatable bonds is 8. The minimum absolute atomic E-state index is 0.281. The van der Waals surface area contributed by atoms with Gasteiger partial charge in [-0.1, -0.05) is 279 Å². The van der Waals surface area contributed by atoms with Gasteiger partial charge in [-0.15, -0.1) is 0 Å². The van der Waals surface area contributed by atoms with Crippen LogP contribution in [0, 0.1) is 0 Å². The van der Waals surface area contributed by atoms with Crippen molar-refractivity contribution >= 4 is 103 Å². The summed E-state index contributed by atoms with van der Waals surface area (Å²) < 4.78 is 0. The predicted octanol–water partition coefficient (Wildman–Crippen LogP) is 16.8. The van der Waals surface area contributed by atoms with E-state index >= 15 is 0 Å². The van der Waals surface area contributed by atoms with E-state index in [0.29, 0.717) is 0 Å². The van der Waals surface area contributed by atoms with Crippen LogP contribution in [0.25, 0.3) is 88.6 Å². The summed E-state index contributed by atoms with van der Waals surface area (Å²) in [6, 6.07) is 79.3. The lowest BCUT2D eigenvalue weighted by molar-refractivity contribution is 1.08. The second kappa shape index (κ2) is 17.2. The van der Waals surface area contributed by atoms with E-state index in [1.807, 2.05) is 0 Å². The zero-order valence-electron chi connectivity index (χ0n) is 43.7. The van der Waals surface area contributed by atoms with Crippen molar-refractivity contribution < 1.29 is 0 Å². The molecule has 0 fully saturated rings. The average Bonchev–Trinajstić information content (AvgIpc) is 3.61. The van der Waals surface area contributed by atoms with E-state index in [1.54, 1.807) is 0 Å². The largest absolute Gasteiger partial charge is 0.113 e. The normalized spacial score (nSPS) is 16.4. The molecule has 0 aromatic heterocycles. The van der Waals surface area contributed by atoms with Gasteiger partial charge in [-0.2, -0.15) is 0 Å². The molecule has 0 amide bonds.